The summed E-state index contributed by atoms with van der Waals surface area (Å²) in [6.45, 7) is 4.85. The van der Waals surface area contributed by atoms with E-state index in [-0.39, 0.29) is 23.0 Å². The molecule has 0 saturated carbocycles. The number of anilines is 2. The first-order chi connectivity index (χ1) is 10.8. The van der Waals surface area contributed by atoms with Crippen LogP contribution in [0.1, 0.15) is 24.8 Å². The van der Waals surface area contributed by atoms with Crippen molar-refractivity contribution in [3.63, 3.8) is 0 Å². The van der Waals surface area contributed by atoms with Gasteiger partial charge in [-0.2, -0.15) is 0 Å². The van der Waals surface area contributed by atoms with Crippen LogP contribution in [0, 0.1) is 13.8 Å². The number of rotatable bonds is 2. The van der Waals surface area contributed by atoms with Crippen LogP contribution in [0.5, 0.6) is 0 Å². The Labute approximate surface area is 134 Å². The highest BCUT2D eigenvalue weighted by Gasteiger charge is 2.37. The van der Waals surface area contributed by atoms with Crippen molar-refractivity contribution in [2.45, 2.75) is 38.1 Å². The Kier molecular flexibility index (Phi) is 3.63. The lowest BCUT2D eigenvalue weighted by molar-refractivity contribution is -0.116. The summed E-state index contributed by atoms with van der Waals surface area (Å²) in [5.74, 6) is 0.0112. The first kappa shape index (κ1) is 15.5. The quantitative estimate of drug-likeness (QED) is 0.908. The Balaban J connectivity index is 2.23. The second kappa shape index (κ2) is 5.38. The van der Waals surface area contributed by atoms with Crippen LogP contribution in [0.25, 0.3) is 0 Å². The lowest BCUT2D eigenvalue weighted by Crippen LogP contribution is -2.39. The molecule has 2 heterocycles. The fraction of sp³-hybridized carbons (Fsp3) is 0.333. The molecule has 3 rings (SSSR count). The maximum Gasteiger partial charge on any atom is 0.270 e. The highest BCUT2D eigenvalue weighted by molar-refractivity contribution is 7.93. The fourth-order valence-electron chi connectivity index (χ4n) is 2.87. The summed E-state index contributed by atoms with van der Waals surface area (Å²) in [7, 11) is -3.90. The van der Waals surface area contributed by atoms with Gasteiger partial charge in [-0.05, 0) is 32.9 Å². The summed E-state index contributed by atoms with van der Waals surface area (Å²) in [4.78, 5) is 12.0. The molecule has 1 aromatic heterocycles. The molecule has 1 atom stereocenters. The Morgan fingerprint density at radius 1 is 1.30 bits per heavy atom. The zero-order valence-corrected chi connectivity index (χ0v) is 13.8. The normalized spacial score (nSPS) is 18.3. The van der Waals surface area contributed by atoms with Crippen molar-refractivity contribution in [2.24, 2.45) is 0 Å². The van der Waals surface area contributed by atoms with Crippen LogP contribution in [0.4, 0.5) is 11.4 Å². The molecule has 122 valence electrons. The number of hydrogen-bond donors (Lipinski definition) is 1. The van der Waals surface area contributed by atoms with Gasteiger partial charge in [-0.1, -0.05) is 17.3 Å². The lowest BCUT2D eigenvalue weighted by Gasteiger charge is -2.28. The van der Waals surface area contributed by atoms with Crippen molar-refractivity contribution in [3.8, 4) is 0 Å². The van der Waals surface area contributed by atoms with Gasteiger partial charge in [0.15, 0.2) is 10.7 Å². The van der Waals surface area contributed by atoms with E-state index >= 15 is 0 Å². The van der Waals surface area contributed by atoms with E-state index in [0.29, 0.717) is 17.1 Å². The van der Waals surface area contributed by atoms with Gasteiger partial charge in [0.2, 0.25) is 5.91 Å². The van der Waals surface area contributed by atoms with E-state index in [1.807, 2.05) is 0 Å². The van der Waals surface area contributed by atoms with Crippen molar-refractivity contribution in [3.05, 3.63) is 35.7 Å². The zero-order chi connectivity index (χ0) is 16.8. The number of hydrogen-bond acceptors (Lipinski definition) is 5. The molecule has 1 aliphatic heterocycles. The number of sulfonamides is 1. The Bertz CT molecular complexity index is 853. The molecule has 23 heavy (non-hydrogen) atoms. The number of carbonyl (C=O) groups excluding carboxylic acids is 1. The minimum atomic E-state index is -3.90. The Morgan fingerprint density at radius 2 is 2.00 bits per heavy atom. The van der Waals surface area contributed by atoms with Crippen LogP contribution >= 0.6 is 0 Å². The highest BCUT2D eigenvalue weighted by Crippen LogP contribution is 2.36. The van der Waals surface area contributed by atoms with Crippen molar-refractivity contribution >= 4 is 27.3 Å². The lowest BCUT2D eigenvalue weighted by atomic mass is 10.2. The molecule has 1 unspecified atom stereocenters. The van der Waals surface area contributed by atoms with Gasteiger partial charge in [-0.15, -0.1) is 0 Å². The van der Waals surface area contributed by atoms with Gasteiger partial charge in [0.25, 0.3) is 10.0 Å². The third-order valence-corrected chi connectivity index (χ3v) is 5.95. The molecule has 1 aromatic carbocycles. The average Bonchev–Trinajstić information content (AvgIpc) is 2.73. The van der Waals surface area contributed by atoms with E-state index in [2.05, 4.69) is 10.5 Å². The van der Waals surface area contributed by atoms with E-state index < -0.39 is 16.1 Å². The number of nitrogens with zero attached hydrogens (tertiary/aromatic N) is 2. The van der Waals surface area contributed by atoms with E-state index in [0.717, 1.165) is 0 Å². The van der Waals surface area contributed by atoms with E-state index in [4.69, 9.17) is 4.52 Å². The van der Waals surface area contributed by atoms with Crippen LogP contribution in [0.2, 0.25) is 0 Å². The molecule has 0 spiro atoms. The SMILES string of the molecule is Cc1noc(C)c1S(=O)(=O)N1c2ccccc2NC(=O)CC1C. The maximum absolute atomic E-state index is 13.2. The van der Waals surface area contributed by atoms with Crippen LogP contribution < -0.4 is 9.62 Å². The van der Waals surface area contributed by atoms with Crippen molar-refractivity contribution < 1.29 is 17.7 Å². The van der Waals surface area contributed by atoms with Gasteiger partial charge in [0.05, 0.1) is 17.4 Å². The number of para-hydroxylation sites is 2. The van der Waals surface area contributed by atoms with Gasteiger partial charge in [0, 0.05) is 6.42 Å². The number of benzene rings is 1. The summed E-state index contributed by atoms with van der Waals surface area (Å²) in [5.41, 5.74) is 1.21. The van der Waals surface area contributed by atoms with Crippen LogP contribution in [0.15, 0.2) is 33.7 Å². The molecular weight excluding hydrogens is 318 g/mol. The molecule has 0 saturated heterocycles. The number of fused-ring (bicyclic) bond motifs is 1. The van der Waals surface area contributed by atoms with Crippen molar-refractivity contribution in [2.75, 3.05) is 9.62 Å². The first-order valence-corrected chi connectivity index (χ1v) is 8.62. The summed E-state index contributed by atoms with van der Waals surface area (Å²) in [6, 6.07) is 6.31. The predicted molar refractivity (Wildman–Crippen MR) is 84.8 cm³/mol. The van der Waals surface area contributed by atoms with Crippen molar-refractivity contribution in [1.82, 2.24) is 5.16 Å². The molecule has 1 N–H and O–H groups in total. The third kappa shape index (κ3) is 2.48. The largest absolute Gasteiger partial charge is 0.360 e. The molecule has 1 aliphatic rings. The fourth-order valence-corrected chi connectivity index (χ4v) is 4.84. The molecule has 0 fully saturated rings. The van der Waals surface area contributed by atoms with Gasteiger partial charge < -0.3 is 9.84 Å². The summed E-state index contributed by atoms with van der Waals surface area (Å²) < 4.78 is 32.7. The second-order valence-corrected chi connectivity index (χ2v) is 7.32. The summed E-state index contributed by atoms with van der Waals surface area (Å²) >= 11 is 0. The van der Waals surface area contributed by atoms with Gasteiger partial charge >= 0.3 is 0 Å². The first-order valence-electron chi connectivity index (χ1n) is 7.18. The number of aromatic nitrogens is 1. The number of aryl methyl sites for hydroxylation is 2. The van der Waals surface area contributed by atoms with Crippen LogP contribution in [-0.2, 0) is 14.8 Å². The molecule has 7 nitrogen and oxygen atoms in total. The minimum absolute atomic E-state index is 0.0495. The van der Waals surface area contributed by atoms with E-state index in [1.165, 1.54) is 4.31 Å². The zero-order valence-electron chi connectivity index (χ0n) is 13.0. The molecule has 8 heteroatoms. The van der Waals surface area contributed by atoms with Crippen LogP contribution in [0.3, 0.4) is 0 Å². The maximum atomic E-state index is 13.2. The number of carbonyl (C=O) groups is 1. The molecule has 0 bridgehead atoms. The Morgan fingerprint density at radius 3 is 2.65 bits per heavy atom. The summed E-state index contributed by atoms with van der Waals surface area (Å²) in [6.07, 6.45) is 0.0668. The van der Waals surface area contributed by atoms with E-state index in [1.54, 1.807) is 45.0 Å². The van der Waals surface area contributed by atoms with Gasteiger partial charge in [0.1, 0.15) is 5.69 Å². The molecular formula is C15H17N3O4S. The molecule has 0 aliphatic carbocycles. The number of nitrogens with one attached hydrogen (secondary N) is 1. The third-order valence-electron chi connectivity index (χ3n) is 3.78. The molecule has 0 radical (unpaired) electrons. The minimum Gasteiger partial charge on any atom is -0.360 e. The van der Waals surface area contributed by atoms with Gasteiger partial charge in [-0.25, -0.2) is 8.42 Å². The Hall–Kier alpha value is -2.35. The second-order valence-electron chi connectivity index (χ2n) is 5.57. The van der Waals surface area contributed by atoms with Gasteiger partial charge in [-0.3, -0.25) is 9.10 Å². The topological polar surface area (TPSA) is 92.5 Å². The monoisotopic (exact) mass is 335 g/mol. The molecule has 2 aromatic rings. The smallest absolute Gasteiger partial charge is 0.270 e. The van der Waals surface area contributed by atoms with E-state index in [9.17, 15) is 13.2 Å². The van der Waals surface area contributed by atoms with Crippen LogP contribution in [-0.4, -0.2) is 25.5 Å². The highest BCUT2D eigenvalue weighted by atomic mass is 32.2. The number of amides is 1. The molecule has 1 amide bonds. The predicted octanol–water partition coefficient (Wildman–Crippen LogP) is 2.22. The standard InChI is InChI=1S/C15H17N3O4S/c1-9-8-14(19)16-12-6-4-5-7-13(12)18(9)23(20,21)15-10(2)17-22-11(15)3/h4-7,9H,8H2,1-3H3,(H,16,19). The van der Waals surface area contributed by atoms with Crippen molar-refractivity contribution in [1.29, 1.82) is 0 Å². The average molecular weight is 335 g/mol. The summed E-state index contributed by atoms with van der Waals surface area (Å²) in [5, 5.41) is 6.48.